The number of carbonyl (C=O) groups is 3. The van der Waals surface area contributed by atoms with Crippen LogP contribution in [-0.2, 0) is 14.3 Å². The maximum absolute atomic E-state index is 12.2. The van der Waals surface area contributed by atoms with Crippen molar-refractivity contribution in [2.24, 2.45) is 5.92 Å². The van der Waals surface area contributed by atoms with Crippen molar-refractivity contribution in [2.45, 2.75) is 39.3 Å². The molecule has 9 heteroatoms. The molecule has 0 aliphatic carbocycles. The lowest BCUT2D eigenvalue weighted by Crippen LogP contribution is -2.52. The lowest BCUT2D eigenvalue weighted by molar-refractivity contribution is -0.154. The van der Waals surface area contributed by atoms with Gasteiger partial charge in [0.25, 0.3) is 11.8 Å². The van der Waals surface area contributed by atoms with E-state index in [1.54, 1.807) is 32.9 Å². The molecule has 2 atom stereocenters. The molecular weight excluding hydrogens is 366 g/mol. The number of nitrogens with one attached hydrogen (secondary N) is 2. The Labute approximate surface area is 162 Å². The van der Waals surface area contributed by atoms with Crippen molar-refractivity contribution in [1.82, 2.24) is 10.6 Å². The normalized spacial score (nSPS) is 15.1. The summed E-state index contributed by atoms with van der Waals surface area (Å²) in [4.78, 5) is 36.2. The maximum atomic E-state index is 12.2. The van der Waals surface area contributed by atoms with Gasteiger partial charge in [0.2, 0.25) is 6.79 Å². The van der Waals surface area contributed by atoms with Gasteiger partial charge >= 0.3 is 5.97 Å². The fourth-order valence-corrected chi connectivity index (χ4v) is 2.24. The summed E-state index contributed by atoms with van der Waals surface area (Å²) in [5.41, 5.74) is -0.782. The van der Waals surface area contributed by atoms with E-state index < -0.39 is 36.0 Å². The molecular formula is C19H23N3O6. The maximum Gasteiger partial charge on any atom is 0.326 e. The van der Waals surface area contributed by atoms with Crippen LogP contribution in [0.5, 0.6) is 11.5 Å². The first-order chi connectivity index (χ1) is 13.2. The average Bonchev–Trinajstić information content (AvgIpc) is 3.13. The molecule has 1 aliphatic heterocycles. The molecule has 0 aromatic heterocycles. The molecule has 0 spiro atoms. The lowest BCUT2D eigenvalue weighted by Gasteiger charge is -2.28. The molecule has 0 saturated heterocycles. The molecule has 0 unspecified atom stereocenters. The van der Waals surface area contributed by atoms with Crippen LogP contribution in [0.2, 0.25) is 0 Å². The van der Waals surface area contributed by atoms with Crippen LogP contribution in [0.25, 0.3) is 0 Å². The number of carbonyl (C=O) groups excluding carboxylic acids is 3. The van der Waals surface area contributed by atoms with E-state index in [0.717, 1.165) is 0 Å². The van der Waals surface area contributed by atoms with E-state index in [1.165, 1.54) is 13.0 Å². The fourth-order valence-electron chi connectivity index (χ4n) is 2.24. The van der Waals surface area contributed by atoms with Crippen LogP contribution in [0.1, 0.15) is 38.1 Å². The van der Waals surface area contributed by atoms with Crippen molar-refractivity contribution >= 4 is 17.8 Å². The van der Waals surface area contributed by atoms with Gasteiger partial charge in [-0.2, -0.15) is 5.26 Å². The second-order valence-corrected chi connectivity index (χ2v) is 6.84. The Morgan fingerprint density at radius 1 is 1.25 bits per heavy atom. The predicted octanol–water partition coefficient (Wildman–Crippen LogP) is 1.13. The van der Waals surface area contributed by atoms with Crippen molar-refractivity contribution in [3.05, 3.63) is 23.8 Å². The van der Waals surface area contributed by atoms with Gasteiger partial charge in [0.05, 0.1) is 6.07 Å². The van der Waals surface area contributed by atoms with Gasteiger partial charge in [0.1, 0.15) is 12.1 Å². The molecule has 28 heavy (non-hydrogen) atoms. The molecule has 150 valence electrons. The number of nitriles is 1. The number of hydrogen-bond donors (Lipinski definition) is 2. The van der Waals surface area contributed by atoms with Crippen molar-refractivity contribution in [1.29, 1.82) is 5.26 Å². The second kappa shape index (κ2) is 8.61. The van der Waals surface area contributed by atoms with Crippen LogP contribution in [0, 0.1) is 17.2 Å². The summed E-state index contributed by atoms with van der Waals surface area (Å²) < 4.78 is 15.4. The van der Waals surface area contributed by atoms with Crippen molar-refractivity contribution < 1.29 is 28.6 Å². The van der Waals surface area contributed by atoms with Crippen LogP contribution in [0.4, 0.5) is 0 Å². The molecule has 2 rings (SSSR count). The van der Waals surface area contributed by atoms with E-state index in [-0.39, 0.29) is 12.7 Å². The molecule has 9 nitrogen and oxygen atoms in total. The number of esters is 1. The van der Waals surface area contributed by atoms with Crippen molar-refractivity contribution in [3.63, 3.8) is 0 Å². The predicted molar refractivity (Wildman–Crippen MR) is 97.5 cm³/mol. The topological polar surface area (TPSA) is 127 Å². The number of nitrogens with zero attached hydrogens (tertiary/aromatic N) is 1. The first-order valence-electron chi connectivity index (χ1n) is 8.77. The van der Waals surface area contributed by atoms with Crippen LogP contribution in [0.15, 0.2) is 18.2 Å². The van der Waals surface area contributed by atoms with E-state index in [9.17, 15) is 19.6 Å². The van der Waals surface area contributed by atoms with Gasteiger partial charge < -0.3 is 24.8 Å². The molecule has 1 heterocycles. The van der Waals surface area contributed by atoms with Crippen LogP contribution in [-0.4, -0.2) is 42.8 Å². The van der Waals surface area contributed by atoms with Gasteiger partial charge in [-0.3, -0.25) is 14.4 Å². The largest absolute Gasteiger partial charge is 0.454 e. The van der Waals surface area contributed by atoms with Gasteiger partial charge in [-0.1, -0.05) is 13.8 Å². The number of hydrogen-bond acceptors (Lipinski definition) is 7. The summed E-state index contributed by atoms with van der Waals surface area (Å²) in [6, 6.07) is 6.69. The Hall–Kier alpha value is -3.28. The van der Waals surface area contributed by atoms with Gasteiger partial charge in [-0.15, -0.1) is 0 Å². The van der Waals surface area contributed by atoms with E-state index in [2.05, 4.69) is 10.6 Å². The average molecular weight is 389 g/mol. The zero-order valence-electron chi connectivity index (χ0n) is 16.2. The van der Waals surface area contributed by atoms with Crippen LogP contribution < -0.4 is 20.1 Å². The summed E-state index contributed by atoms with van der Waals surface area (Å²) in [6.07, 6.45) is -1.11. The smallest absolute Gasteiger partial charge is 0.326 e. The zero-order valence-corrected chi connectivity index (χ0v) is 16.2. The second-order valence-electron chi connectivity index (χ2n) is 6.84. The van der Waals surface area contributed by atoms with E-state index in [1.807, 2.05) is 6.07 Å². The van der Waals surface area contributed by atoms with E-state index in [4.69, 9.17) is 14.2 Å². The fraction of sp³-hybridized carbons (Fsp3) is 0.474. The molecule has 1 aliphatic rings. The Morgan fingerprint density at radius 3 is 2.57 bits per heavy atom. The van der Waals surface area contributed by atoms with Gasteiger partial charge in [-0.05, 0) is 38.0 Å². The summed E-state index contributed by atoms with van der Waals surface area (Å²) in [5, 5.41) is 14.2. The Kier molecular flexibility index (Phi) is 6.46. The number of fused-ring (bicyclic) bond motifs is 1. The van der Waals surface area contributed by atoms with E-state index in [0.29, 0.717) is 17.1 Å². The van der Waals surface area contributed by atoms with Gasteiger partial charge in [0.15, 0.2) is 17.6 Å². The monoisotopic (exact) mass is 389 g/mol. The summed E-state index contributed by atoms with van der Waals surface area (Å²) in [7, 11) is 0. The third-order valence-electron chi connectivity index (χ3n) is 4.48. The molecule has 0 bridgehead atoms. The first kappa shape index (κ1) is 21.0. The van der Waals surface area contributed by atoms with Gasteiger partial charge in [0, 0.05) is 5.56 Å². The van der Waals surface area contributed by atoms with Crippen molar-refractivity contribution in [3.8, 4) is 17.6 Å². The van der Waals surface area contributed by atoms with Crippen LogP contribution >= 0.6 is 0 Å². The van der Waals surface area contributed by atoms with Gasteiger partial charge in [-0.25, -0.2) is 0 Å². The molecule has 0 radical (unpaired) electrons. The molecule has 1 aromatic rings. The Bertz CT molecular complexity index is 816. The van der Waals surface area contributed by atoms with E-state index >= 15 is 0 Å². The molecule has 2 N–H and O–H groups in total. The minimum Gasteiger partial charge on any atom is -0.454 e. The highest BCUT2D eigenvalue weighted by Crippen LogP contribution is 2.32. The third-order valence-corrected chi connectivity index (χ3v) is 4.48. The Morgan fingerprint density at radius 2 is 1.93 bits per heavy atom. The number of amides is 2. The Balaban J connectivity index is 1.84. The number of rotatable bonds is 7. The summed E-state index contributed by atoms with van der Waals surface area (Å²) >= 11 is 0. The molecule has 0 fully saturated rings. The van der Waals surface area contributed by atoms with Crippen LogP contribution in [0.3, 0.4) is 0 Å². The standard InChI is InChI=1S/C19H23N3O6/c1-11(2)19(4,9-20)22-17(24)12(3)28-16(23)8-21-18(25)13-5-6-14-15(7-13)27-10-26-14/h5-7,11-12H,8,10H2,1-4H3,(H,21,25)(H,22,24)/t12-,19+/m0/s1. The number of benzene rings is 1. The first-order valence-corrected chi connectivity index (χ1v) is 8.77. The molecule has 1 aromatic carbocycles. The van der Waals surface area contributed by atoms with Crippen molar-refractivity contribution in [2.75, 3.05) is 13.3 Å². The summed E-state index contributed by atoms with van der Waals surface area (Å²) in [5.74, 6) is -1.00. The highest BCUT2D eigenvalue weighted by atomic mass is 16.7. The molecule has 2 amide bonds. The highest BCUT2D eigenvalue weighted by Gasteiger charge is 2.32. The minimum atomic E-state index is -1.11. The lowest BCUT2D eigenvalue weighted by atomic mass is 9.90. The minimum absolute atomic E-state index is 0.0916. The summed E-state index contributed by atoms with van der Waals surface area (Å²) in [6.45, 7) is 6.26. The highest BCUT2D eigenvalue weighted by molar-refractivity contribution is 5.96. The number of ether oxygens (including phenoxy) is 3. The molecule has 0 saturated carbocycles. The SMILES string of the molecule is CC(C)[C@@](C)(C#N)NC(=O)[C@H](C)OC(=O)CNC(=O)c1ccc2c(c1)OCO2. The third kappa shape index (κ3) is 4.91. The quantitative estimate of drug-likeness (QED) is 0.669. The zero-order chi connectivity index (χ0) is 20.9.